The van der Waals surface area contributed by atoms with Gasteiger partial charge in [0.25, 0.3) is 5.56 Å². The standard InChI is InChI=1S/C45H49FN6O9/c1-3-45(60)30-19-35-42-28(22-52(35)43(58)29(30)23-61-44(45)59)41-32(13-12-27-24(2)31(46)20-34(51-42)40(27)41)49-38(56)10-7-17-48-37(55)16-14-36(54)33(18-25-8-5-4-6-9-25)50-39(57)15-11-26(53)21-47/h4-6,8-9,19-20,32-33,60H,3,7,10-18,21-23,47H2,1-2H3,(H,48,55)(H,49,56)(H,50,57)/t32?,33-,45-/m0/s1. The summed E-state index contributed by atoms with van der Waals surface area (Å²) in [7, 11) is 0. The molecular weight excluding hydrogens is 788 g/mol. The summed E-state index contributed by atoms with van der Waals surface area (Å²) < 4.78 is 22.0. The Morgan fingerprint density at radius 3 is 2.49 bits per heavy atom. The Morgan fingerprint density at radius 2 is 1.75 bits per heavy atom. The van der Waals surface area contributed by atoms with Crippen LogP contribution in [-0.2, 0) is 65.1 Å². The van der Waals surface area contributed by atoms with E-state index in [9.17, 15) is 38.7 Å². The van der Waals surface area contributed by atoms with Gasteiger partial charge in [0, 0.05) is 61.2 Å². The third kappa shape index (κ3) is 8.59. The molecule has 0 saturated heterocycles. The van der Waals surface area contributed by atoms with Crippen molar-refractivity contribution in [2.45, 2.75) is 109 Å². The number of halogens is 1. The Kier molecular flexibility index (Phi) is 12.6. The fraction of sp³-hybridized carbons (Fsp3) is 0.422. The lowest BCUT2D eigenvalue weighted by Gasteiger charge is -2.31. The van der Waals surface area contributed by atoms with Crippen LogP contribution in [0.2, 0.25) is 0 Å². The summed E-state index contributed by atoms with van der Waals surface area (Å²) in [5.74, 6) is -3.00. The number of nitrogens with two attached hydrogens (primary N) is 1. The number of carbonyl (C=O) groups is 6. The first-order chi connectivity index (χ1) is 29.2. The molecule has 16 heteroatoms. The molecule has 3 amide bonds. The van der Waals surface area contributed by atoms with Crippen LogP contribution in [0.4, 0.5) is 4.39 Å². The molecule has 7 rings (SSSR count). The third-order valence-electron chi connectivity index (χ3n) is 12.1. The lowest BCUT2D eigenvalue weighted by molar-refractivity contribution is -0.172. The molecule has 1 aliphatic carbocycles. The average molecular weight is 837 g/mol. The van der Waals surface area contributed by atoms with Crippen LogP contribution in [0.1, 0.15) is 103 Å². The zero-order valence-electron chi connectivity index (χ0n) is 34.2. The first-order valence-electron chi connectivity index (χ1n) is 20.7. The number of nitrogens with one attached hydrogen (secondary N) is 3. The number of ketones is 2. The van der Waals surface area contributed by atoms with Crippen molar-refractivity contribution in [3.8, 4) is 11.4 Å². The van der Waals surface area contributed by atoms with Gasteiger partial charge in [0.1, 0.15) is 18.2 Å². The van der Waals surface area contributed by atoms with Crippen LogP contribution in [-0.4, -0.2) is 69.0 Å². The van der Waals surface area contributed by atoms with Crippen molar-refractivity contribution in [3.63, 3.8) is 0 Å². The highest BCUT2D eigenvalue weighted by molar-refractivity contribution is 5.95. The SMILES string of the molecule is CC[C@@]1(O)C(=O)OCc2c1cc1n(c2=O)Cc2c-1nc1cc(F)c(C)c3c1c2C(NC(=O)CCCNC(=O)CCC(=O)[C@H](Cc1ccccc1)NC(=O)CCC(=O)CN)CC3. The predicted octanol–water partition coefficient (Wildman–Crippen LogP) is 2.91. The fourth-order valence-corrected chi connectivity index (χ4v) is 8.66. The number of rotatable bonds is 17. The van der Waals surface area contributed by atoms with E-state index >= 15 is 4.39 Å². The van der Waals surface area contributed by atoms with Crippen molar-refractivity contribution in [1.82, 2.24) is 25.5 Å². The Hall–Kier alpha value is -6.13. The van der Waals surface area contributed by atoms with Gasteiger partial charge in [0.05, 0.1) is 47.6 Å². The summed E-state index contributed by atoms with van der Waals surface area (Å²) in [5.41, 5.74) is 7.88. The van der Waals surface area contributed by atoms with Crippen LogP contribution in [0.25, 0.3) is 22.3 Å². The first-order valence-corrected chi connectivity index (χ1v) is 20.7. The number of nitrogens with zero attached hydrogens (tertiary/aromatic N) is 2. The summed E-state index contributed by atoms with van der Waals surface area (Å²) in [6.07, 6.45) is 1.09. The molecule has 0 saturated carbocycles. The largest absolute Gasteiger partial charge is 0.458 e. The number of amides is 3. The molecule has 0 fully saturated rings. The maximum absolute atomic E-state index is 15.3. The summed E-state index contributed by atoms with van der Waals surface area (Å²) in [6, 6.07) is 10.7. The number of fused-ring (bicyclic) bond motifs is 5. The molecule has 3 aliphatic rings. The Bertz CT molecular complexity index is 2520. The van der Waals surface area contributed by atoms with Gasteiger partial charge in [-0.25, -0.2) is 14.2 Å². The zero-order valence-corrected chi connectivity index (χ0v) is 34.2. The summed E-state index contributed by atoms with van der Waals surface area (Å²) >= 11 is 0. The van der Waals surface area contributed by atoms with Gasteiger partial charge in [0.2, 0.25) is 17.7 Å². The highest BCUT2D eigenvalue weighted by atomic mass is 19.1. The van der Waals surface area contributed by atoms with Crippen molar-refractivity contribution in [3.05, 3.63) is 97.6 Å². The van der Waals surface area contributed by atoms with E-state index in [1.807, 2.05) is 30.3 Å². The van der Waals surface area contributed by atoms with E-state index in [1.165, 1.54) is 10.6 Å². The Labute approximate surface area is 350 Å². The van der Waals surface area contributed by atoms with Gasteiger partial charge in [-0.3, -0.25) is 28.8 Å². The second-order valence-electron chi connectivity index (χ2n) is 15.9. The van der Waals surface area contributed by atoms with Crippen molar-refractivity contribution in [2.75, 3.05) is 13.1 Å². The van der Waals surface area contributed by atoms with E-state index in [0.717, 1.165) is 22.1 Å². The van der Waals surface area contributed by atoms with Crippen LogP contribution in [0.3, 0.4) is 0 Å². The molecule has 1 unspecified atom stereocenters. The van der Waals surface area contributed by atoms with Crippen molar-refractivity contribution in [2.24, 2.45) is 5.73 Å². The number of benzene rings is 2. The Balaban J connectivity index is 1.00. The van der Waals surface area contributed by atoms with Gasteiger partial charge in [-0.05, 0) is 67.3 Å². The zero-order chi connectivity index (χ0) is 43.6. The maximum Gasteiger partial charge on any atom is 0.343 e. The number of esters is 1. The number of ether oxygens (including phenoxy) is 1. The minimum absolute atomic E-state index is 0.0190. The minimum Gasteiger partial charge on any atom is -0.458 e. The number of cyclic esters (lactones) is 1. The smallest absolute Gasteiger partial charge is 0.343 e. The monoisotopic (exact) mass is 836 g/mol. The van der Waals surface area contributed by atoms with Crippen LogP contribution >= 0.6 is 0 Å². The van der Waals surface area contributed by atoms with Gasteiger partial charge in [-0.2, -0.15) is 0 Å². The van der Waals surface area contributed by atoms with E-state index in [-0.39, 0.29) is 99.8 Å². The van der Waals surface area contributed by atoms with Crippen molar-refractivity contribution < 1.29 is 43.0 Å². The predicted molar refractivity (Wildman–Crippen MR) is 220 cm³/mol. The van der Waals surface area contributed by atoms with Crippen LogP contribution < -0.4 is 27.2 Å². The highest BCUT2D eigenvalue weighted by Gasteiger charge is 2.46. The topological polar surface area (TPSA) is 229 Å². The molecule has 0 bridgehead atoms. The number of hydrogen-bond acceptors (Lipinski definition) is 11. The van der Waals surface area contributed by atoms with E-state index in [1.54, 1.807) is 19.9 Å². The molecule has 15 nitrogen and oxygen atoms in total. The fourth-order valence-electron chi connectivity index (χ4n) is 8.66. The molecule has 2 aromatic heterocycles. The number of Topliss-reactive ketones (excluding diaryl/α,β-unsaturated/α-hetero) is 2. The molecule has 2 aliphatic heterocycles. The molecule has 61 heavy (non-hydrogen) atoms. The molecule has 6 N–H and O–H groups in total. The molecular formula is C45H49FN6O9. The van der Waals surface area contributed by atoms with Gasteiger partial charge in [-0.1, -0.05) is 37.3 Å². The second kappa shape index (κ2) is 17.8. The number of hydrogen-bond donors (Lipinski definition) is 5. The van der Waals surface area contributed by atoms with Gasteiger partial charge in [-0.15, -0.1) is 0 Å². The molecule has 320 valence electrons. The summed E-state index contributed by atoms with van der Waals surface area (Å²) in [5, 5.41) is 20.6. The van der Waals surface area contributed by atoms with E-state index in [4.69, 9.17) is 15.5 Å². The van der Waals surface area contributed by atoms with Crippen LogP contribution in [0.15, 0.2) is 47.3 Å². The van der Waals surface area contributed by atoms with Crippen molar-refractivity contribution >= 4 is 46.2 Å². The van der Waals surface area contributed by atoms with E-state index in [2.05, 4.69) is 16.0 Å². The summed E-state index contributed by atoms with van der Waals surface area (Å²) in [4.78, 5) is 95.1. The van der Waals surface area contributed by atoms with Crippen molar-refractivity contribution in [1.29, 1.82) is 0 Å². The second-order valence-corrected chi connectivity index (χ2v) is 15.9. The van der Waals surface area contributed by atoms with Gasteiger partial charge in [0.15, 0.2) is 11.4 Å². The van der Waals surface area contributed by atoms with Gasteiger partial charge < -0.3 is 36.1 Å². The minimum atomic E-state index is -2.01. The Morgan fingerprint density at radius 1 is 1.00 bits per heavy atom. The number of aromatic nitrogens is 2. The normalized spacial score (nSPS) is 17.7. The molecule has 0 radical (unpaired) electrons. The number of pyridine rings is 2. The first kappa shape index (κ1) is 43.0. The maximum atomic E-state index is 15.3. The lowest BCUT2D eigenvalue weighted by Crippen LogP contribution is -2.44. The van der Waals surface area contributed by atoms with E-state index < -0.39 is 46.8 Å². The molecule has 4 heterocycles. The quantitative estimate of drug-likeness (QED) is 0.0676. The summed E-state index contributed by atoms with van der Waals surface area (Å²) in [6.45, 7) is 3.15. The molecule has 2 aromatic carbocycles. The van der Waals surface area contributed by atoms with E-state index in [0.29, 0.717) is 47.3 Å². The van der Waals surface area contributed by atoms with Crippen LogP contribution in [0.5, 0.6) is 0 Å². The number of aryl methyl sites for hydroxylation is 1. The molecule has 3 atom stereocenters. The lowest BCUT2D eigenvalue weighted by atomic mass is 9.81. The highest BCUT2D eigenvalue weighted by Crippen LogP contribution is 2.46. The van der Waals surface area contributed by atoms with Gasteiger partial charge >= 0.3 is 5.97 Å². The number of aliphatic hydroxyl groups is 1. The number of carbonyl (C=O) groups excluding carboxylic acids is 6. The molecule has 4 aromatic rings. The van der Waals surface area contributed by atoms with Crippen LogP contribution in [0, 0.1) is 12.7 Å². The average Bonchev–Trinajstić information content (AvgIpc) is 3.63. The molecule has 0 spiro atoms. The third-order valence-corrected chi connectivity index (χ3v) is 12.1.